The molecule has 4 fully saturated rings. The minimum absolute atomic E-state index is 0.0143. The summed E-state index contributed by atoms with van der Waals surface area (Å²) >= 11 is 0. The van der Waals surface area contributed by atoms with Crippen LogP contribution in [0.25, 0.3) is 10.8 Å². The lowest BCUT2D eigenvalue weighted by atomic mass is 9.82. The van der Waals surface area contributed by atoms with Gasteiger partial charge in [0.1, 0.15) is 11.9 Å². The van der Waals surface area contributed by atoms with E-state index >= 15 is 0 Å². The first-order valence-electron chi connectivity index (χ1n) is 20.0. The van der Waals surface area contributed by atoms with Crippen molar-refractivity contribution in [3.05, 3.63) is 36.4 Å². The molecule has 2 saturated carbocycles. The molecule has 4 heterocycles. The molecule has 0 spiro atoms. The molecule has 7 rings (SSSR count). The number of fused-ring (bicyclic) bond motifs is 3. The molecule has 0 unspecified atom stereocenters. The number of hydrogen-bond donors (Lipinski definition) is 1. The van der Waals surface area contributed by atoms with E-state index in [1.54, 1.807) is 33.1 Å². The maximum absolute atomic E-state index is 15.0. The molecular formula is C42H55N3O11S. The molecule has 15 heteroatoms. The zero-order valence-corrected chi connectivity index (χ0v) is 34.5. The minimum atomic E-state index is -3.97. The van der Waals surface area contributed by atoms with Crippen LogP contribution >= 0.6 is 0 Å². The fourth-order valence-electron chi connectivity index (χ4n) is 8.69. The van der Waals surface area contributed by atoms with Gasteiger partial charge < -0.3 is 28.6 Å². The first kappa shape index (κ1) is 40.9. The van der Waals surface area contributed by atoms with Crippen LogP contribution in [0, 0.1) is 29.1 Å². The summed E-state index contributed by atoms with van der Waals surface area (Å²) in [6.45, 7) is 8.04. The Morgan fingerprint density at radius 1 is 1.05 bits per heavy atom. The van der Waals surface area contributed by atoms with Gasteiger partial charge in [-0.15, -0.1) is 0 Å². The van der Waals surface area contributed by atoms with Crippen molar-refractivity contribution in [3.8, 4) is 17.5 Å². The summed E-state index contributed by atoms with van der Waals surface area (Å²) in [6, 6.07) is 6.17. The summed E-state index contributed by atoms with van der Waals surface area (Å²) < 4.78 is 56.4. The first-order chi connectivity index (χ1) is 27.0. The standard InChI is InChI=1S/C42H55N3O11S/c1-25-9-7-8-10-28-20-42(28,39(49)44-57(50,51)41(4)13-14-41)21-34(46)33-18-30(55-37-31-12-11-29(52-5)16-27(31)17-35(43-37)53-6)22-45(33)38(48)32(26(2)15-25)19-36(47)56-40(3)23-54-24-40/h8,10-12,16-17,25-26,28,30,32-33H,7,9,13-15,18-24H2,1-6H3,(H,44,49)/b10-8-/t25-,26+,28+,30+,32-,33-,42+/m0/s1. The van der Waals surface area contributed by atoms with Crippen LogP contribution in [0.2, 0.25) is 0 Å². The molecule has 1 N–H and O–H groups in total. The number of carbonyl (C=O) groups is 4. The number of rotatable bonds is 10. The molecule has 57 heavy (non-hydrogen) atoms. The van der Waals surface area contributed by atoms with E-state index in [0.717, 1.165) is 11.8 Å². The number of Topliss-reactive ketones (excluding diaryl/α,β-unsaturated/α-hetero) is 1. The fraction of sp³-hybridized carbons (Fsp3) is 0.643. The molecular weight excluding hydrogens is 755 g/mol. The lowest BCUT2D eigenvalue weighted by molar-refractivity contribution is -0.207. The van der Waals surface area contributed by atoms with E-state index in [4.69, 9.17) is 23.7 Å². The monoisotopic (exact) mass is 809 g/mol. The smallest absolute Gasteiger partial charge is 0.307 e. The number of benzene rings is 1. The fourth-order valence-corrected chi connectivity index (χ4v) is 10.0. The van der Waals surface area contributed by atoms with E-state index in [-0.39, 0.29) is 74.3 Å². The van der Waals surface area contributed by atoms with Gasteiger partial charge >= 0.3 is 5.97 Å². The topological polar surface area (TPSA) is 177 Å². The van der Waals surface area contributed by atoms with Crippen LogP contribution in [-0.4, -0.2) is 98.3 Å². The molecule has 5 aliphatic rings. The maximum atomic E-state index is 15.0. The van der Waals surface area contributed by atoms with Crippen LogP contribution in [-0.2, 0) is 38.7 Å². The summed E-state index contributed by atoms with van der Waals surface area (Å²) in [6.07, 6.45) is 6.27. The van der Waals surface area contributed by atoms with E-state index in [9.17, 15) is 27.6 Å². The van der Waals surface area contributed by atoms with Crippen LogP contribution in [0.15, 0.2) is 36.4 Å². The molecule has 0 bridgehead atoms. The Kier molecular flexibility index (Phi) is 11.1. The van der Waals surface area contributed by atoms with Crippen molar-refractivity contribution in [3.63, 3.8) is 0 Å². The van der Waals surface area contributed by atoms with E-state index in [0.29, 0.717) is 49.1 Å². The molecule has 1 aromatic heterocycles. The molecule has 2 saturated heterocycles. The van der Waals surface area contributed by atoms with E-state index in [2.05, 4.69) is 16.6 Å². The average Bonchev–Trinajstić information content (AvgIpc) is 4.04. The minimum Gasteiger partial charge on any atom is -0.497 e. The summed E-state index contributed by atoms with van der Waals surface area (Å²) in [5.41, 5.74) is -2.05. The summed E-state index contributed by atoms with van der Waals surface area (Å²) in [5, 5.41) is 1.42. The van der Waals surface area contributed by atoms with Gasteiger partial charge in [0, 0.05) is 24.3 Å². The predicted octanol–water partition coefficient (Wildman–Crippen LogP) is 4.92. The zero-order chi connectivity index (χ0) is 40.9. The molecule has 1 aromatic carbocycles. The number of aromatic nitrogens is 1. The SMILES string of the molecule is COc1ccc2c(O[C@@H]3C[C@H]4C(=O)C[C@]5(C(=O)NS(=O)(=O)C6(C)CC6)C[C@H]5/C=C\CC[C@H](C)C[C@@H](C)[C@H](CC(=O)OC5(C)COC5)C(=O)N4C3)nc(OC)cc2c1. The van der Waals surface area contributed by atoms with Crippen LogP contribution < -0.4 is 18.9 Å². The van der Waals surface area contributed by atoms with E-state index < -0.39 is 55.7 Å². The van der Waals surface area contributed by atoms with Crippen LogP contribution in [0.1, 0.15) is 85.5 Å². The van der Waals surface area contributed by atoms with Gasteiger partial charge in [-0.1, -0.05) is 26.0 Å². The second-order valence-corrected chi connectivity index (χ2v) is 19.8. The summed E-state index contributed by atoms with van der Waals surface area (Å²) in [4.78, 5) is 63.3. The van der Waals surface area contributed by atoms with Gasteiger partial charge in [0.05, 0.1) is 62.5 Å². The number of nitrogens with zero attached hydrogens (tertiary/aromatic N) is 2. The Morgan fingerprint density at radius 2 is 1.81 bits per heavy atom. The number of ketones is 1. The lowest BCUT2D eigenvalue weighted by Gasteiger charge is -2.38. The zero-order valence-electron chi connectivity index (χ0n) is 33.7. The Hall–Kier alpha value is -4.24. The first-order valence-corrected chi connectivity index (χ1v) is 21.5. The van der Waals surface area contributed by atoms with E-state index in [1.165, 1.54) is 12.0 Å². The van der Waals surface area contributed by atoms with Crippen molar-refractivity contribution in [2.24, 2.45) is 29.1 Å². The quantitative estimate of drug-likeness (QED) is 0.254. The number of amides is 2. The van der Waals surface area contributed by atoms with Crippen molar-refractivity contribution < 1.29 is 51.3 Å². The van der Waals surface area contributed by atoms with Gasteiger partial charge in [-0.3, -0.25) is 23.9 Å². The van der Waals surface area contributed by atoms with Crippen molar-refractivity contribution in [1.82, 2.24) is 14.6 Å². The van der Waals surface area contributed by atoms with Crippen molar-refractivity contribution in [1.29, 1.82) is 0 Å². The van der Waals surface area contributed by atoms with Crippen molar-refractivity contribution in [2.75, 3.05) is 34.0 Å². The highest BCUT2D eigenvalue weighted by Gasteiger charge is 2.63. The molecule has 0 radical (unpaired) electrons. The average molecular weight is 810 g/mol. The Labute approximate surface area is 334 Å². The lowest BCUT2D eigenvalue weighted by Crippen LogP contribution is -2.51. The van der Waals surface area contributed by atoms with Gasteiger partial charge in [-0.2, -0.15) is 4.98 Å². The van der Waals surface area contributed by atoms with Crippen LogP contribution in [0.5, 0.6) is 17.5 Å². The number of methoxy groups -OCH3 is 2. The number of carbonyl (C=O) groups excluding carboxylic acids is 4. The molecule has 2 amide bonds. The third-order valence-electron chi connectivity index (χ3n) is 12.8. The second kappa shape index (κ2) is 15.5. The van der Waals surface area contributed by atoms with Gasteiger partial charge in [0.15, 0.2) is 11.4 Å². The number of pyridine rings is 1. The molecule has 7 atom stereocenters. The maximum Gasteiger partial charge on any atom is 0.307 e. The molecule has 3 aliphatic heterocycles. The number of nitrogens with one attached hydrogen (secondary N) is 1. The van der Waals surface area contributed by atoms with Crippen molar-refractivity contribution in [2.45, 2.75) is 108 Å². The molecule has 2 aromatic rings. The molecule has 2 aliphatic carbocycles. The van der Waals surface area contributed by atoms with Crippen LogP contribution in [0.4, 0.5) is 0 Å². The Balaban J connectivity index is 1.23. The predicted molar refractivity (Wildman–Crippen MR) is 209 cm³/mol. The normalized spacial score (nSPS) is 31.4. The van der Waals surface area contributed by atoms with Gasteiger partial charge in [-0.25, -0.2) is 8.42 Å². The highest BCUT2D eigenvalue weighted by atomic mass is 32.2. The number of sulfonamides is 1. The Morgan fingerprint density at radius 3 is 2.47 bits per heavy atom. The van der Waals surface area contributed by atoms with Crippen LogP contribution in [0.3, 0.4) is 0 Å². The van der Waals surface area contributed by atoms with E-state index in [1.807, 2.05) is 31.2 Å². The molecule has 14 nitrogen and oxygen atoms in total. The third-order valence-corrected chi connectivity index (χ3v) is 15.0. The summed E-state index contributed by atoms with van der Waals surface area (Å²) in [5.74, 6) is -1.98. The third kappa shape index (κ3) is 8.37. The largest absolute Gasteiger partial charge is 0.497 e. The number of ether oxygens (including phenoxy) is 5. The van der Waals surface area contributed by atoms with Gasteiger partial charge in [0.2, 0.25) is 33.6 Å². The number of hydrogen-bond acceptors (Lipinski definition) is 12. The highest BCUT2D eigenvalue weighted by molar-refractivity contribution is 7.91. The summed E-state index contributed by atoms with van der Waals surface area (Å²) in [7, 11) is -0.901. The Bertz CT molecular complexity index is 2060. The number of allylic oxidation sites excluding steroid dienone is 2. The van der Waals surface area contributed by atoms with Gasteiger partial charge in [-0.05, 0) is 93.7 Å². The highest BCUT2D eigenvalue weighted by Crippen LogP contribution is 2.58. The number of esters is 1. The second-order valence-electron chi connectivity index (χ2n) is 17.6. The van der Waals surface area contributed by atoms with Gasteiger partial charge in [0.25, 0.3) is 0 Å². The van der Waals surface area contributed by atoms with Crippen molar-refractivity contribution >= 4 is 44.4 Å². The molecule has 310 valence electrons.